The highest BCUT2D eigenvalue weighted by Gasteiger charge is 2.09. The minimum Gasteiger partial charge on any atom is -0.306 e. The van der Waals surface area contributed by atoms with E-state index in [1.807, 2.05) is 0 Å². The lowest BCUT2D eigenvalue weighted by atomic mass is 10.0. The SMILES string of the molecule is CCCCCCCC(CCCBr)N(C)C. The molecule has 0 rings (SSSR count). The second-order valence-corrected chi connectivity index (χ2v) is 5.44. The van der Waals surface area contributed by atoms with E-state index in [1.54, 1.807) is 0 Å². The summed E-state index contributed by atoms with van der Waals surface area (Å²) in [4.78, 5) is 2.39. The molecule has 0 heterocycles. The predicted molar refractivity (Wildman–Crippen MR) is 73.9 cm³/mol. The van der Waals surface area contributed by atoms with E-state index in [-0.39, 0.29) is 0 Å². The van der Waals surface area contributed by atoms with Crippen molar-refractivity contribution in [2.75, 3.05) is 19.4 Å². The van der Waals surface area contributed by atoms with Crippen molar-refractivity contribution in [2.24, 2.45) is 0 Å². The number of nitrogens with zero attached hydrogens (tertiary/aromatic N) is 1. The minimum absolute atomic E-state index is 0.796. The summed E-state index contributed by atoms with van der Waals surface area (Å²) in [5.74, 6) is 0. The average molecular weight is 278 g/mol. The van der Waals surface area contributed by atoms with E-state index < -0.39 is 0 Å². The second-order valence-electron chi connectivity index (χ2n) is 4.65. The molecular weight excluding hydrogens is 250 g/mol. The highest BCUT2D eigenvalue weighted by Crippen LogP contribution is 2.14. The molecule has 0 fully saturated rings. The Morgan fingerprint density at radius 1 is 0.933 bits per heavy atom. The molecule has 0 aliphatic carbocycles. The lowest BCUT2D eigenvalue weighted by molar-refractivity contribution is 0.256. The third-order valence-electron chi connectivity index (χ3n) is 3.04. The van der Waals surface area contributed by atoms with Crippen molar-refractivity contribution in [1.29, 1.82) is 0 Å². The fourth-order valence-corrected chi connectivity index (χ4v) is 2.28. The molecule has 92 valence electrons. The van der Waals surface area contributed by atoms with Crippen LogP contribution in [0.15, 0.2) is 0 Å². The Kier molecular flexibility index (Phi) is 11.3. The van der Waals surface area contributed by atoms with Crippen molar-refractivity contribution < 1.29 is 0 Å². The summed E-state index contributed by atoms with van der Waals surface area (Å²) in [5.41, 5.74) is 0. The molecule has 1 atom stereocenters. The summed E-state index contributed by atoms with van der Waals surface area (Å²) in [7, 11) is 4.43. The van der Waals surface area contributed by atoms with Crippen molar-refractivity contribution in [2.45, 2.75) is 64.3 Å². The fourth-order valence-electron chi connectivity index (χ4n) is 1.96. The van der Waals surface area contributed by atoms with E-state index in [0.717, 1.165) is 11.4 Å². The number of hydrogen-bond acceptors (Lipinski definition) is 1. The monoisotopic (exact) mass is 277 g/mol. The first kappa shape index (κ1) is 15.4. The van der Waals surface area contributed by atoms with Gasteiger partial charge in [-0.3, -0.25) is 0 Å². The van der Waals surface area contributed by atoms with E-state index in [4.69, 9.17) is 0 Å². The molecule has 0 bridgehead atoms. The van der Waals surface area contributed by atoms with E-state index in [1.165, 1.54) is 51.4 Å². The Balaban J connectivity index is 3.48. The molecule has 1 unspecified atom stereocenters. The zero-order chi connectivity index (χ0) is 11.5. The smallest absolute Gasteiger partial charge is 0.00894 e. The molecule has 0 N–H and O–H groups in total. The molecule has 15 heavy (non-hydrogen) atoms. The van der Waals surface area contributed by atoms with Gasteiger partial charge in [0, 0.05) is 11.4 Å². The van der Waals surface area contributed by atoms with Crippen LogP contribution >= 0.6 is 15.9 Å². The normalized spacial score (nSPS) is 13.4. The first-order chi connectivity index (χ1) is 7.22. The van der Waals surface area contributed by atoms with E-state index in [9.17, 15) is 0 Å². The molecule has 0 aromatic rings. The lowest BCUT2D eigenvalue weighted by Gasteiger charge is -2.24. The van der Waals surface area contributed by atoms with Gasteiger partial charge in [0.05, 0.1) is 0 Å². The molecule has 0 aliphatic heterocycles. The fraction of sp³-hybridized carbons (Fsp3) is 1.00. The zero-order valence-corrected chi connectivity index (χ0v) is 12.4. The van der Waals surface area contributed by atoms with Crippen LogP contribution in [0.1, 0.15) is 58.3 Å². The maximum atomic E-state index is 3.51. The highest BCUT2D eigenvalue weighted by atomic mass is 79.9. The second kappa shape index (κ2) is 10.9. The largest absolute Gasteiger partial charge is 0.306 e. The van der Waals surface area contributed by atoms with Gasteiger partial charge in [0.1, 0.15) is 0 Å². The Hall–Kier alpha value is 0.440. The number of rotatable bonds is 10. The Labute approximate surface area is 105 Å². The zero-order valence-electron chi connectivity index (χ0n) is 10.8. The van der Waals surface area contributed by atoms with Gasteiger partial charge in [0.25, 0.3) is 0 Å². The first-order valence-corrected chi connectivity index (χ1v) is 7.56. The van der Waals surface area contributed by atoms with Crippen molar-refractivity contribution in [3.8, 4) is 0 Å². The number of hydrogen-bond donors (Lipinski definition) is 0. The van der Waals surface area contributed by atoms with Crippen LogP contribution in [-0.4, -0.2) is 30.4 Å². The van der Waals surface area contributed by atoms with Gasteiger partial charge in [0.2, 0.25) is 0 Å². The third-order valence-corrected chi connectivity index (χ3v) is 3.60. The molecule has 0 saturated carbocycles. The van der Waals surface area contributed by atoms with Gasteiger partial charge in [0.15, 0.2) is 0 Å². The molecule has 2 heteroatoms. The maximum Gasteiger partial charge on any atom is 0.00894 e. The summed E-state index contributed by atoms with van der Waals surface area (Å²) >= 11 is 3.51. The number of unbranched alkanes of at least 4 members (excludes halogenated alkanes) is 4. The number of alkyl halides is 1. The van der Waals surface area contributed by atoms with Crippen LogP contribution in [0.5, 0.6) is 0 Å². The van der Waals surface area contributed by atoms with Gasteiger partial charge in [-0.05, 0) is 33.4 Å². The van der Waals surface area contributed by atoms with Gasteiger partial charge in [-0.1, -0.05) is 55.0 Å². The van der Waals surface area contributed by atoms with E-state index in [2.05, 4.69) is 41.8 Å². The predicted octanol–water partition coefficient (Wildman–Crippen LogP) is 4.45. The van der Waals surface area contributed by atoms with Crippen molar-refractivity contribution >= 4 is 15.9 Å². The molecule has 1 nitrogen and oxygen atoms in total. The van der Waals surface area contributed by atoms with Crippen LogP contribution in [0, 0.1) is 0 Å². The van der Waals surface area contributed by atoms with Gasteiger partial charge in [-0.2, -0.15) is 0 Å². The van der Waals surface area contributed by atoms with Crippen LogP contribution in [0.4, 0.5) is 0 Å². The molecule has 0 aromatic heterocycles. The summed E-state index contributed by atoms with van der Waals surface area (Å²) < 4.78 is 0. The Bertz CT molecular complexity index is 126. The summed E-state index contributed by atoms with van der Waals surface area (Å²) in [6.45, 7) is 2.28. The molecule has 0 amide bonds. The lowest BCUT2D eigenvalue weighted by Crippen LogP contribution is -2.27. The van der Waals surface area contributed by atoms with Gasteiger partial charge in [-0.15, -0.1) is 0 Å². The summed E-state index contributed by atoms with van der Waals surface area (Å²) in [6, 6.07) is 0.796. The van der Waals surface area contributed by atoms with Gasteiger partial charge < -0.3 is 4.90 Å². The minimum atomic E-state index is 0.796. The van der Waals surface area contributed by atoms with Gasteiger partial charge >= 0.3 is 0 Å². The van der Waals surface area contributed by atoms with Crippen LogP contribution < -0.4 is 0 Å². The summed E-state index contributed by atoms with van der Waals surface area (Å²) in [5, 5.41) is 1.15. The number of halogens is 1. The third kappa shape index (κ3) is 9.37. The Morgan fingerprint density at radius 3 is 2.07 bits per heavy atom. The van der Waals surface area contributed by atoms with E-state index in [0.29, 0.717) is 0 Å². The van der Waals surface area contributed by atoms with Crippen molar-refractivity contribution in [1.82, 2.24) is 4.90 Å². The van der Waals surface area contributed by atoms with E-state index >= 15 is 0 Å². The maximum absolute atomic E-state index is 3.51. The molecule has 0 spiro atoms. The van der Waals surface area contributed by atoms with Crippen molar-refractivity contribution in [3.63, 3.8) is 0 Å². The molecule has 0 saturated heterocycles. The summed E-state index contributed by atoms with van der Waals surface area (Å²) in [6.07, 6.45) is 11.0. The molecule has 0 aromatic carbocycles. The highest BCUT2D eigenvalue weighted by molar-refractivity contribution is 9.09. The molecule has 0 radical (unpaired) electrons. The van der Waals surface area contributed by atoms with Gasteiger partial charge in [-0.25, -0.2) is 0 Å². The quantitative estimate of drug-likeness (QED) is 0.421. The average Bonchev–Trinajstić information content (AvgIpc) is 2.21. The Morgan fingerprint density at radius 2 is 1.53 bits per heavy atom. The molecule has 0 aliphatic rings. The van der Waals surface area contributed by atoms with Crippen molar-refractivity contribution in [3.05, 3.63) is 0 Å². The topological polar surface area (TPSA) is 3.24 Å². The van der Waals surface area contributed by atoms with Crippen LogP contribution in [0.3, 0.4) is 0 Å². The van der Waals surface area contributed by atoms with Crippen LogP contribution in [0.25, 0.3) is 0 Å². The first-order valence-electron chi connectivity index (χ1n) is 6.44. The standard InChI is InChI=1S/C13H28BrN/c1-4-5-6-7-8-10-13(15(2)3)11-9-12-14/h13H,4-12H2,1-3H3. The van der Waals surface area contributed by atoms with Crippen LogP contribution in [-0.2, 0) is 0 Å². The molecular formula is C13H28BrN. The van der Waals surface area contributed by atoms with Crippen LogP contribution in [0.2, 0.25) is 0 Å².